The first-order valence-corrected chi connectivity index (χ1v) is 9.13. The SMILES string of the molecule is CC(C)[C@H](OC(N)=O)C(=O)N[C@@H](C)C(=O)Nc1ccc(N)c2c1CCCC2=O. The number of carbonyl (C=O) groups is 4. The van der Waals surface area contributed by atoms with Crippen LogP contribution in [0.4, 0.5) is 16.2 Å². The molecule has 1 aliphatic carbocycles. The van der Waals surface area contributed by atoms with E-state index >= 15 is 0 Å². The van der Waals surface area contributed by atoms with Crippen molar-refractivity contribution >= 4 is 35.1 Å². The molecule has 6 N–H and O–H groups in total. The predicted molar refractivity (Wildman–Crippen MR) is 104 cm³/mol. The average Bonchev–Trinajstić information content (AvgIpc) is 2.61. The highest BCUT2D eigenvalue weighted by Crippen LogP contribution is 2.32. The van der Waals surface area contributed by atoms with E-state index in [-0.39, 0.29) is 11.7 Å². The van der Waals surface area contributed by atoms with Gasteiger partial charge in [-0.2, -0.15) is 0 Å². The Bertz CT molecular complexity index is 806. The molecule has 0 heterocycles. The molecule has 1 aliphatic rings. The average molecular weight is 390 g/mol. The minimum Gasteiger partial charge on any atom is -0.436 e. The van der Waals surface area contributed by atoms with E-state index in [9.17, 15) is 19.2 Å². The van der Waals surface area contributed by atoms with Gasteiger partial charge >= 0.3 is 6.09 Å². The lowest BCUT2D eigenvalue weighted by Crippen LogP contribution is -2.49. The Kier molecular flexibility index (Phi) is 6.61. The van der Waals surface area contributed by atoms with E-state index in [1.54, 1.807) is 26.0 Å². The van der Waals surface area contributed by atoms with Crippen LogP contribution < -0.4 is 22.1 Å². The van der Waals surface area contributed by atoms with Crippen molar-refractivity contribution in [1.29, 1.82) is 0 Å². The standard InChI is InChI=1S/C19H26N4O5/c1-9(2)16(28-19(21)27)18(26)22-10(3)17(25)23-13-8-7-12(20)15-11(13)5-4-6-14(15)24/h7-10,16H,4-6,20H2,1-3H3,(H2,21,27)(H,22,26)(H,23,25)/t10-,16-/m0/s1. The van der Waals surface area contributed by atoms with Gasteiger partial charge in [0.1, 0.15) is 6.04 Å². The number of carbonyl (C=O) groups excluding carboxylic acids is 4. The molecule has 0 aromatic heterocycles. The number of fused-ring (bicyclic) bond motifs is 1. The fraction of sp³-hybridized carbons (Fsp3) is 0.474. The monoisotopic (exact) mass is 390 g/mol. The molecule has 0 saturated heterocycles. The number of hydrogen-bond donors (Lipinski definition) is 4. The van der Waals surface area contributed by atoms with Crippen LogP contribution in [0.2, 0.25) is 0 Å². The molecule has 0 unspecified atom stereocenters. The maximum Gasteiger partial charge on any atom is 0.405 e. The third-order valence-electron chi connectivity index (χ3n) is 4.57. The molecule has 0 aliphatic heterocycles. The molecule has 0 saturated carbocycles. The Morgan fingerprint density at radius 2 is 1.79 bits per heavy atom. The molecule has 0 spiro atoms. The summed E-state index contributed by atoms with van der Waals surface area (Å²) in [6.07, 6.45) is -0.425. The largest absolute Gasteiger partial charge is 0.436 e. The summed E-state index contributed by atoms with van der Waals surface area (Å²) in [4.78, 5) is 48.0. The first-order chi connectivity index (χ1) is 13.1. The zero-order chi connectivity index (χ0) is 21.0. The Hall–Kier alpha value is -3.10. The summed E-state index contributed by atoms with van der Waals surface area (Å²) in [5, 5.41) is 5.25. The van der Waals surface area contributed by atoms with Gasteiger partial charge in [-0.25, -0.2) is 4.79 Å². The molecule has 0 bridgehead atoms. The molecule has 152 valence electrons. The minimum absolute atomic E-state index is 0.0421. The van der Waals surface area contributed by atoms with Gasteiger partial charge < -0.3 is 26.8 Å². The number of primary amides is 1. The molecule has 9 nitrogen and oxygen atoms in total. The number of anilines is 2. The fourth-order valence-corrected chi connectivity index (χ4v) is 3.14. The number of benzene rings is 1. The molecule has 0 fully saturated rings. The lowest BCUT2D eigenvalue weighted by atomic mass is 9.88. The van der Waals surface area contributed by atoms with Crippen molar-refractivity contribution in [3.05, 3.63) is 23.3 Å². The number of rotatable bonds is 6. The first-order valence-electron chi connectivity index (χ1n) is 9.13. The van der Waals surface area contributed by atoms with Crippen molar-refractivity contribution < 1.29 is 23.9 Å². The first kappa shape index (κ1) is 21.2. The van der Waals surface area contributed by atoms with Gasteiger partial charge in [-0.1, -0.05) is 13.8 Å². The third-order valence-corrected chi connectivity index (χ3v) is 4.57. The molecular formula is C19H26N4O5. The molecular weight excluding hydrogens is 364 g/mol. The highest BCUT2D eigenvalue weighted by Gasteiger charge is 2.29. The van der Waals surface area contributed by atoms with Crippen LogP contribution >= 0.6 is 0 Å². The normalized spacial score (nSPS) is 15.4. The van der Waals surface area contributed by atoms with Crippen molar-refractivity contribution in [1.82, 2.24) is 5.32 Å². The third kappa shape index (κ3) is 4.79. The maximum absolute atomic E-state index is 12.5. The quantitative estimate of drug-likeness (QED) is 0.538. The summed E-state index contributed by atoms with van der Waals surface area (Å²) in [5.41, 5.74) is 13.0. The Morgan fingerprint density at radius 1 is 1.11 bits per heavy atom. The van der Waals surface area contributed by atoms with Gasteiger partial charge in [0, 0.05) is 23.4 Å². The van der Waals surface area contributed by atoms with Gasteiger partial charge in [-0.05, 0) is 43.4 Å². The summed E-state index contributed by atoms with van der Waals surface area (Å²) in [7, 11) is 0. The number of Topliss-reactive ketones (excluding diaryl/α,β-unsaturated/α-hetero) is 1. The summed E-state index contributed by atoms with van der Waals surface area (Å²) in [6, 6.07) is 2.32. The zero-order valence-electron chi connectivity index (χ0n) is 16.2. The Labute approximate surface area is 163 Å². The summed E-state index contributed by atoms with van der Waals surface area (Å²) >= 11 is 0. The predicted octanol–water partition coefficient (Wildman–Crippen LogP) is 1.35. The smallest absolute Gasteiger partial charge is 0.405 e. The second kappa shape index (κ2) is 8.73. The highest BCUT2D eigenvalue weighted by molar-refractivity contribution is 6.06. The summed E-state index contributed by atoms with van der Waals surface area (Å²) < 4.78 is 4.82. The van der Waals surface area contributed by atoms with Crippen molar-refractivity contribution in [3.63, 3.8) is 0 Å². The van der Waals surface area contributed by atoms with Crippen LogP contribution in [0.25, 0.3) is 0 Å². The topological polar surface area (TPSA) is 154 Å². The van der Waals surface area contributed by atoms with Crippen molar-refractivity contribution in [2.24, 2.45) is 11.7 Å². The number of amides is 3. The zero-order valence-corrected chi connectivity index (χ0v) is 16.2. The van der Waals surface area contributed by atoms with E-state index in [0.717, 1.165) is 0 Å². The van der Waals surface area contributed by atoms with E-state index in [1.807, 2.05) is 0 Å². The van der Waals surface area contributed by atoms with Gasteiger partial charge in [-0.3, -0.25) is 14.4 Å². The Morgan fingerprint density at radius 3 is 2.39 bits per heavy atom. The van der Waals surface area contributed by atoms with Crippen LogP contribution in [-0.2, 0) is 20.7 Å². The summed E-state index contributed by atoms with van der Waals surface area (Å²) in [6.45, 7) is 4.88. The van der Waals surface area contributed by atoms with Gasteiger partial charge in [0.15, 0.2) is 11.9 Å². The van der Waals surface area contributed by atoms with E-state index in [4.69, 9.17) is 16.2 Å². The highest BCUT2D eigenvalue weighted by atomic mass is 16.6. The van der Waals surface area contributed by atoms with E-state index in [1.165, 1.54) is 6.92 Å². The van der Waals surface area contributed by atoms with Crippen LogP contribution in [0.1, 0.15) is 49.5 Å². The van der Waals surface area contributed by atoms with Crippen LogP contribution in [0.15, 0.2) is 12.1 Å². The number of nitrogens with two attached hydrogens (primary N) is 2. The van der Waals surface area contributed by atoms with Crippen molar-refractivity contribution in [3.8, 4) is 0 Å². The van der Waals surface area contributed by atoms with Crippen LogP contribution in [-0.4, -0.2) is 35.8 Å². The van der Waals surface area contributed by atoms with Crippen LogP contribution in [0.3, 0.4) is 0 Å². The maximum atomic E-state index is 12.5. The molecule has 1 aromatic carbocycles. The lowest BCUT2D eigenvalue weighted by molar-refractivity contribution is -0.134. The molecule has 0 radical (unpaired) electrons. The van der Waals surface area contributed by atoms with Gasteiger partial charge in [0.05, 0.1) is 0 Å². The van der Waals surface area contributed by atoms with Gasteiger partial charge in [0.25, 0.3) is 5.91 Å². The molecule has 1 aromatic rings. The van der Waals surface area contributed by atoms with Crippen LogP contribution in [0.5, 0.6) is 0 Å². The minimum atomic E-state index is -1.10. The van der Waals surface area contributed by atoms with Crippen molar-refractivity contribution in [2.45, 2.75) is 52.2 Å². The molecule has 28 heavy (non-hydrogen) atoms. The van der Waals surface area contributed by atoms with Gasteiger partial charge in [-0.15, -0.1) is 0 Å². The number of hydrogen-bond acceptors (Lipinski definition) is 6. The fourth-order valence-electron chi connectivity index (χ4n) is 3.14. The number of nitrogen functional groups attached to an aromatic ring is 1. The number of ether oxygens (including phenoxy) is 1. The second-order valence-electron chi connectivity index (χ2n) is 7.15. The number of nitrogens with one attached hydrogen (secondary N) is 2. The van der Waals surface area contributed by atoms with E-state index in [2.05, 4.69) is 10.6 Å². The van der Waals surface area contributed by atoms with Crippen molar-refractivity contribution in [2.75, 3.05) is 11.1 Å². The van der Waals surface area contributed by atoms with Gasteiger partial charge in [0.2, 0.25) is 5.91 Å². The number of ketones is 1. The molecule has 3 amide bonds. The van der Waals surface area contributed by atoms with Crippen LogP contribution in [0, 0.1) is 5.92 Å². The Balaban J connectivity index is 2.11. The molecule has 2 atom stereocenters. The molecule has 2 rings (SSSR count). The lowest BCUT2D eigenvalue weighted by Gasteiger charge is -2.23. The summed E-state index contributed by atoms with van der Waals surface area (Å²) in [5.74, 6) is -1.46. The second-order valence-corrected chi connectivity index (χ2v) is 7.15. The van der Waals surface area contributed by atoms with E-state index < -0.39 is 30.1 Å². The molecule has 9 heteroatoms. The van der Waals surface area contributed by atoms with E-state index in [0.29, 0.717) is 41.8 Å².